The zero-order valence-corrected chi connectivity index (χ0v) is 10.8. The highest BCUT2D eigenvalue weighted by Gasteiger charge is 2.31. The molecule has 1 amide bonds. The molecule has 0 aliphatic carbocycles. The molecule has 0 aliphatic heterocycles. The quantitative estimate of drug-likeness (QED) is 0.814. The van der Waals surface area contributed by atoms with Crippen molar-refractivity contribution < 1.29 is 9.18 Å². The van der Waals surface area contributed by atoms with Gasteiger partial charge in [-0.1, -0.05) is 18.3 Å². The van der Waals surface area contributed by atoms with Crippen molar-refractivity contribution in [3.8, 4) is 0 Å². The predicted molar refractivity (Wildman–Crippen MR) is 70.3 cm³/mol. The van der Waals surface area contributed by atoms with E-state index < -0.39 is 17.1 Å². The Morgan fingerprint density at radius 1 is 1.47 bits per heavy atom. The van der Waals surface area contributed by atoms with Gasteiger partial charge in [-0.2, -0.15) is 0 Å². The summed E-state index contributed by atoms with van der Waals surface area (Å²) in [5, 5.41) is 2.48. The van der Waals surface area contributed by atoms with Gasteiger partial charge >= 0.3 is 0 Å². The van der Waals surface area contributed by atoms with E-state index in [0.29, 0.717) is 0 Å². The second-order valence-electron chi connectivity index (χ2n) is 4.43. The number of carbonyl (C=O) groups is 1. The molecule has 0 bridgehead atoms. The van der Waals surface area contributed by atoms with Gasteiger partial charge in [-0.15, -0.1) is 0 Å². The van der Waals surface area contributed by atoms with Crippen LogP contribution in [0.4, 0.5) is 10.1 Å². The molecule has 0 saturated carbocycles. The largest absolute Gasteiger partial charge is 0.392 e. The maximum absolute atomic E-state index is 13.5. The second-order valence-corrected chi connectivity index (χ2v) is 4.87. The number of nitrogens with two attached hydrogens (primary N) is 1. The summed E-state index contributed by atoms with van der Waals surface area (Å²) in [7, 11) is 0. The van der Waals surface area contributed by atoms with Crippen molar-refractivity contribution in [3.63, 3.8) is 0 Å². The second kappa shape index (κ2) is 4.79. The first-order valence-electron chi connectivity index (χ1n) is 5.12. The molecule has 1 aromatic rings. The molecule has 0 radical (unpaired) electrons. The highest BCUT2D eigenvalue weighted by Crippen LogP contribution is 2.21. The van der Waals surface area contributed by atoms with E-state index in [1.807, 2.05) is 0 Å². The zero-order valence-electron chi connectivity index (χ0n) is 10.0. The third kappa shape index (κ3) is 3.00. The van der Waals surface area contributed by atoms with Crippen molar-refractivity contribution in [2.24, 2.45) is 11.1 Å². The molecule has 1 rings (SSSR count). The highest BCUT2D eigenvalue weighted by atomic mass is 32.1. The molecule has 0 aliphatic rings. The summed E-state index contributed by atoms with van der Waals surface area (Å²) in [4.78, 5) is 11.9. The number of hydrogen-bond donors (Lipinski definition) is 2. The summed E-state index contributed by atoms with van der Waals surface area (Å²) >= 11 is 4.80. The number of amides is 1. The SMILES string of the molecule is Cc1ccc(NC(=O)C(C)(C)C(N)=S)c(F)c1. The van der Waals surface area contributed by atoms with E-state index in [-0.39, 0.29) is 10.7 Å². The lowest BCUT2D eigenvalue weighted by molar-refractivity contribution is -0.121. The number of hydrogen-bond acceptors (Lipinski definition) is 2. The Kier molecular flexibility index (Phi) is 3.83. The number of anilines is 1. The van der Waals surface area contributed by atoms with Crippen molar-refractivity contribution in [2.45, 2.75) is 20.8 Å². The zero-order chi connectivity index (χ0) is 13.2. The maximum Gasteiger partial charge on any atom is 0.236 e. The first kappa shape index (κ1) is 13.6. The van der Waals surface area contributed by atoms with Crippen LogP contribution in [0, 0.1) is 18.2 Å². The summed E-state index contributed by atoms with van der Waals surface area (Å²) in [6.45, 7) is 4.96. The minimum atomic E-state index is -1.01. The van der Waals surface area contributed by atoms with Crippen LogP contribution in [0.5, 0.6) is 0 Å². The van der Waals surface area contributed by atoms with Crippen molar-refractivity contribution in [1.82, 2.24) is 0 Å². The molecule has 3 N–H and O–H groups in total. The molecule has 0 aromatic heterocycles. The molecule has 0 fully saturated rings. The lowest BCUT2D eigenvalue weighted by atomic mass is 9.92. The van der Waals surface area contributed by atoms with Gasteiger partial charge in [-0.05, 0) is 38.5 Å². The average molecular weight is 254 g/mol. The van der Waals surface area contributed by atoms with Crippen LogP contribution in [0.15, 0.2) is 18.2 Å². The van der Waals surface area contributed by atoms with Gasteiger partial charge in [-0.25, -0.2) is 4.39 Å². The van der Waals surface area contributed by atoms with E-state index in [2.05, 4.69) is 5.32 Å². The Hall–Kier alpha value is -1.49. The molecule has 5 heteroatoms. The normalized spacial score (nSPS) is 11.1. The first-order valence-corrected chi connectivity index (χ1v) is 5.53. The van der Waals surface area contributed by atoms with Crippen molar-refractivity contribution in [2.75, 3.05) is 5.32 Å². The Balaban J connectivity index is 2.92. The number of benzene rings is 1. The van der Waals surface area contributed by atoms with Crippen LogP contribution in [0.2, 0.25) is 0 Å². The van der Waals surface area contributed by atoms with E-state index in [9.17, 15) is 9.18 Å². The fraction of sp³-hybridized carbons (Fsp3) is 0.333. The van der Waals surface area contributed by atoms with Crippen LogP contribution >= 0.6 is 12.2 Å². The molecular formula is C12H15FN2OS. The molecular weight excluding hydrogens is 239 g/mol. The van der Waals surface area contributed by atoms with Crippen LogP contribution in [0.3, 0.4) is 0 Å². The molecule has 0 spiro atoms. The number of thiocarbonyl (C=S) groups is 1. The standard InChI is InChI=1S/C12H15FN2OS/c1-7-4-5-9(8(13)6-7)15-11(16)12(2,3)10(14)17/h4-6H,1-3H3,(H2,14,17)(H,15,16). The molecule has 3 nitrogen and oxygen atoms in total. The molecule has 17 heavy (non-hydrogen) atoms. The van der Waals surface area contributed by atoms with Crippen LogP contribution < -0.4 is 11.1 Å². The number of nitrogens with one attached hydrogen (secondary N) is 1. The summed E-state index contributed by atoms with van der Waals surface area (Å²) in [5.74, 6) is -0.898. The molecule has 92 valence electrons. The highest BCUT2D eigenvalue weighted by molar-refractivity contribution is 7.80. The molecule has 0 saturated heterocycles. The summed E-state index contributed by atoms with van der Waals surface area (Å²) < 4.78 is 13.5. The van der Waals surface area contributed by atoms with Crippen LogP contribution in [0.1, 0.15) is 19.4 Å². The summed E-state index contributed by atoms with van der Waals surface area (Å²) in [6, 6.07) is 4.58. The Labute approximate surface area is 105 Å². The van der Waals surface area contributed by atoms with Gasteiger partial charge in [0, 0.05) is 0 Å². The maximum atomic E-state index is 13.5. The molecule has 0 atom stereocenters. The number of aryl methyl sites for hydroxylation is 1. The van der Waals surface area contributed by atoms with E-state index in [1.54, 1.807) is 26.8 Å². The summed E-state index contributed by atoms with van der Waals surface area (Å²) in [6.07, 6.45) is 0. The monoisotopic (exact) mass is 254 g/mol. The van der Waals surface area contributed by atoms with Gasteiger partial charge in [-0.3, -0.25) is 4.79 Å². The van der Waals surface area contributed by atoms with Gasteiger partial charge in [0.25, 0.3) is 0 Å². The molecule has 0 heterocycles. The van der Waals surface area contributed by atoms with Crippen molar-refractivity contribution in [1.29, 1.82) is 0 Å². The number of halogens is 1. The molecule has 1 aromatic carbocycles. The topological polar surface area (TPSA) is 55.1 Å². The first-order chi connectivity index (χ1) is 7.75. The Morgan fingerprint density at radius 2 is 2.06 bits per heavy atom. The van der Waals surface area contributed by atoms with Crippen LogP contribution in [0.25, 0.3) is 0 Å². The van der Waals surface area contributed by atoms with E-state index >= 15 is 0 Å². The van der Waals surface area contributed by atoms with Gasteiger partial charge in [0.1, 0.15) is 5.82 Å². The number of carbonyl (C=O) groups excluding carboxylic acids is 1. The van der Waals surface area contributed by atoms with Crippen molar-refractivity contribution in [3.05, 3.63) is 29.6 Å². The van der Waals surface area contributed by atoms with Gasteiger partial charge < -0.3 is 11.1 Å². The third-order valence-electron chi connectivity index (χ3n) is 2.56. The fourth-order valence-electron chi connectivity index (χ4n) is 1.11. The van der Waals surface area contributed by atoms with Gasteiger partial charge in [0.2, 0.25) is 5.91 Å². The van der Waals surface area contributed by atoms with E-state index in [1.165, 1.54) is 12.1 Å². The Bertz CT molecular complexity index is 472. The minimum absolute atomic E-state index is 0.0718. The van der Waals surface area contributed by atoms with Gasteiger partial charge in [0.05, 0.1) is 16.1 Å². The minimum Gasteiger partial charge on any atom is -0.392 e. The molecule has 0 unspecified atom stereocenters. The smallest absolute Gasteiger partial charge is 0.236 e. The average Bonchev–Trinajstić information content (AvgIpc) is 2.21. The van der Waals surface area contributed by atoms with Crippen molar-refractivity contribution >= 4 is 28.8 Å². The van der Waals surface area contributed by atoms with Crippen LogP contribution in [-0.4, -0.2) is 10.9 Å². The fourth-order valence-corrected chi connectivity index (χ4v) is 1.20. The van der Waals surface area contributed by atoms with E-state index in [4.69, 9.17) is 18.0 Å². The Morgan fingerprint density at radius 3 is 2.53 bits per heavy atom. The van der Waals surface area contributed by atoms with Gasteiger partial charge in [0.15, 0.2) is 0 Å². The third-order valence-corrected chi connectivity index (χ3v) is 3.07. The lowest BCUT2D eigenvalue weighted by Crippen LogP contribution is -2.41. The summed E-state index contributed by atoms with van der Waals surface area (Å²) in [5.41, 5.74) is 5.37. The predicted octanol–water partition coefficient (Wildman–Crippen LogP) is 2.38. The van der Waals surface area contributed by atoms with E-state index in [0.717, 1.165) is 5.56 Å². The lowest BCUT2D eigenvalue weighted by Gasteiger charge is -2.22. The number of rotatable bonds is 3. The van der Waals surface area contributed by atoms with Crippen LogP contribution in [-0.2, 0) is 4.79 Å².